The standard InChI is InChI=1S/C13H8BrFO2/c14-10-6-2-1-5-9(10)13(16)17-12-8-4-3-7-11(12)15/h1-8H. The van der Waals surface area contributed by atoms with E-state index in [0.29, 0.717) is 10.0 Å². The number of para-hydroxylation sites is 1. The van der Waals surface area contributed by atoms with Crippen molar-refractivity contribution in [2.24, 2.45) is 0 Å². The Morgan fingerprint density at radius 3 is 2.41 bits per heavy atom. The molecule has 0 heterocycles. The SMILES string of the molecule is O=C(Oc1ccccc1F)c1ccccc1Br. The summed E-state index contributed by atoms with van der Waals surface area (Å²) < 4.78 is 18.9. The molecule has 86 valence electrons. The number of hydrogen-bond donors (Lipinski definition) is 0. The predicted molar refractivity (Wildman–Crippen MR) is 65.5 cm³/mol. The molecule has 0 spiro atoms. The molecular formula is C13H8BrFO2. The molecule has 0 unspecified atom stereocenters. The smallest absolute Gasteiger partial charge is 0.344 e. The minimum atomic E-state index is -0.595. The van der Waals surface area contributed by atoms with E-state index in [-0.39, 0.29) is 5.75 Å². The van der Waals surface area contributed by atoms with Crippen LogP contribution in [-0.2, 0) is 0 Å². The molecule has 4 heteroatoms. The van der Waals surface area contributed by atoms with Gasteiger partial charge >= 0.3 is 5.97 Å². The minimum Gasteiger partial charge on any atom is -0.420 e. The molecule has 0 aromatic heterocycles. The average Bonchev–Trinajstić information content (AvgIpc) is 2.32. The molecule has 0 atom stereocenters. The lowest BCUT2D eigenvalue weighted by molar-refractivity contribution is 0.0727. The van der Waals surface area contributed by atoms with Crippen LogP contribution in [0.1, 0.15) is 10.4 Å². The highest BCUT2D eigenvalue weighted by Crippen LogP contribution is 2.20. The number of esters is 1. The highest BCUT2D eigenvalue weighted by Gasteiger charge is 2.13. The molecule has 2 rings (SSSR count). The van der Waals surface area contributed by atoms with Crippen LogP contribution in [0.5, 0.6) is 5.75 Å². The van der Waals surface area contributed by atoms with Crippen molar-refractivity contribution in [1.82, 2.24) is 0 Å². The van der Waals surface area contributed by atoms with Gasteiger partial charge in [-0.2, -0.15) is 0 Å². The van der Waals surface area contributed by atoms with Crippen molar-refractivity contribution in [2.75, 3.05) is 0 Å². The summed E-state index contributed by atoms with van der Waals surface area (Å²) in [6.07, 6.45) is 0. The fraction of sp³-hybridized carbons (Fsp3) is 0. The molecule has 0 saturated carbocycles. The lowest BCUT2D eigenvalue weighted by Gasteiger charge is -2.06. The molecule has 0 amide bonds. The summed E-state index contributed by atoms with van der Waals surface area (Å²) in [6, 6.07) is 12.6. The molecule has 2 aromatic carbocycles. The van der Waals surface area contributed by atoms with Gasteiger partial charge in [0, 0.05) is 4.47 Å². The van der Waals surface area contributed by atoms with E-state index in [1.165, 1.54) is 18.2 Å². The van der Waals surface area contributed by atoms with Gasteiger partial charge in [0.1, 0.15) is 0 Å². The third kappa shape index (κ3) is 2.71. The molecule has 0 bridgehead atoms. The number of benzene rings is 2. The molecule has 0 aliphatic rings. The maximum Gasteiger partial charge on any atom is 0.344 e. The second-order valence-electron chi connectivity index (χ2n) is 3.30. The Hall–Kier alpha value is -1.68. The minimum absolute atomic E-state index is 0.0757. The van der Waals surface area contributed by atoms with Crippen LogP contribution in [0.2, 0.25) is 0 Å². The fourth-order valence-electron chi connectivity index (χ4n) is 1.31. The Kier molecular flexibility index (Phi) is 3.54. The summed E-state index contributed by atoms with van der Waals surface area (Å²) in [6.45, 7) is 0. The van der Waals surface area contributed by atoms with Gasteiger partial charge in [-0.25, -0.2) is 9.18 Å². The molecule has 0 saturated heterocycles. The largest absolute Gasteiger partial charge is 0.420 e. The molecule has 0 fully saturated rings. The van der Waals surface area contributed by atoms with Crippen molar-refractivity contribution in [3.8, 4) is 5.75 Å². The van der Waals surface area contributed by atoms with Crippen LogP contribution in [0.4, 0.5) is 4.39 Å². The van der Waals surface area contributed by atoms with E-state index >= 15 is 0 Å². The zero-order chi connectivity index (χ0) is 12.3. The molecule has 0 N–H and O–H groups in total. The first-order chi connectivity index (χ1) is 8.18. The van der Waals surface area contributed by atoms with Gasteiger partial charge < -0.3 is 4.74 Å². The van der Waals surface area contributed by atoms with Crippen molar-refractivity contribution in [3.63, 3.8) is 0 Å². The maximum absolute atomic E-state index is 13.3. The highest BCUT2D eigenvalue weighted by atomic mass is 79.9. The Labute approximate surface area is 106 Å². The van der Waals surface area contributed by atoms with Crippen molar-refractivity contribution in [3.05, 3.63) is 64.4 Å². The van der Waals surface area contributed by atoms with E-state index in [0.717, 1.165) is 0 Å². The van der Waals surface area contributed by atoms with Gasteiger partial charge in [-0.3, -0.25) is 0 Å². The van der Waals surface area contributed by atoms with Gasteiger partial charge in [-0.1, -0.05) is 24.3 Å². The molecule has 17 heavy (non-hydrogen) atoms. The number of rotatable bonds is 2. The second kappa shape index (κ2) is 5.10. The summed E-state index contributed by atoms with van der Waals surface area (Å²) in [7, 11) is 0. The Bertz CT molecular complexity index is 555. The molecule has 0 aliphatic heterocycles. The maximum atomic E-state index is 13.3. The molecule has 0 radical (unpaired) electrons. The Morgan fingerprint density at radius 2 is 1.71 bits per heavy atom. The first kappa shape index (κ1) is 11.8. The summed E-state index contributed by atoms with van der Waals surface area (Å²) in [5.41, 5.74) is 0.357. The number of carbonyl (C=O) groups excluding carboxylic acids is 1. The van der Waals surface area contributed by atoms with Crippen LogP contribution in [-0.4, -0.2) is 5.97 Å². The predicted octanol–water partition coefficient (Wildman–Crippen LogP) is 3.81. The van der Waals surface area contributed by atoms with E-state index in [1.807, 2.05) is 0 Å². The van der Waals surface area contributed by atoms with Gasteiger partial charge in [-0.15, -0.1) is 0 Å². The van der Waals surface area contributed by atoms with E-state index in [1.54, 1.807) is 30.3 Å². The Morgan fingerprint density at radius 1 is 1.06 bits per heavy atom. The normalized spacial score (nSPS) is 10.0. The topological polar surface area (TPSA) is 26.3 Å². The second-order valence-corrected chi connectivity index (χ2v) is 4.15. The molecule has 2 nitrogen and oxygen atoms in total. The van der Waals surface area contributed by atoms with Crippen LogP contribution < -0.4 is 4.74 Å². The summed E-state index contributed by atoms with van der Waals surface area (Å²) in [4.78, 5) is 11.8. The lowest BCUT2D eigenvalue weighted by Crippen LogP contribution is -2.10. The number of hydrogen-bond acceptors (Lipinski definition) is 2. The van der Waals surface area contributed by atoms with E-state index in [2.05, 4.69) is 15.9 Å². The quantitative estimate of drug-likeness (QED) is 0.622. The van der Waals surface area contributed by atoms with E-state index in [4.69, 9.17) is 4.74 Å². The van der Waals surface area contributed by atoms with Gasteiger partial charge in [0.2, 0.25) is 0 Å². The average molecular weight is 295 g/mol. The van der Waals surface area contributed by atoms with Crippen molar-refractivity contribution < 1.29 is 13.9 Å². The Balaban J connectivity index is 2.24. The van der Waals surface area contributed by atoms with Gasteiger partial charge in [0.05, 0.1) is 5.56 Å². The van der Waals surface area contributed by atoms with Gasteiger partial charge in [-0.05, 0) is 40.2 Å². The molecule has 0 aliphatic carbocycles. The summed E-state index contributed by atoms with van der Waals surface area (Å²) in [5.74, 6) is -1.23. The highest BCUT2D eigenvalue weighted by molar-refractivity contribution is 9.10. The van der Waals surface area contributed by atoms with E-state index in [9.17, 15) is 9.18 Å². The number of halogens is 2. The van der Waals surface area contributed by atoms with Crippen LogP contribution in [0.25, 0.3) is 0 Å². The van der Waals surface area contributed by atoms with Crippen LogP contribution >= 0.6 is 15.9 Å². The van der Waals surface area contributed by atoms with Gasteiger partial charge in [0.15, 0.2) is 11.6 Å². The summed E-state index contributed by atoms with van der Waals surface area (Å²) in [5, 5.41) is 0. The molecule has 2 aromatic rings. The summed E-state index contributed by atoms with van der Waals surface area (Å²) >= 11 is 3.23. The first-order valence-corrected chi connectivity index (χ1v) is 5.69. The third-order valence-electron chi connectivity index (χ3n) is 2.13. The van der Waals surface area contributed by atoms with Crippen molar-refractivity contribution >= 4 is 21.9 Å². The lowest BCUT2D eigenvalue weighted by atomic mass is 10.2. The van der Waals surface area contributed by atoms with Gasteiger partial charge in [0.25, 0.3) is 0 Å². The first-order valence-electron chi connectivity index (χ1n) is 4.90. The van der Waals surface area contributed by atoms with Crippen LogP contribution in [0, 0.1) is 5.82 Å². The van der Waals surface area contributed by atoms with Crippen LogP contribution in [0.15, 0.2) is 53.0 Å². The number of carbonyl (C=O) groups is 1. The zero-order valence-corrected chi connectivity index (χ0v) is 10.3. The van der Waals surface area contributed by atoms with Crippen molar-refractivity contribution in [1.29, 1.82) is 0 Å². The zero-order valence-electron chi connectivity index (χ0n) is 8.69. The molecular weight excluding hydrogens is 287 g/mol. The third-order valence-corrected chi connectivity index (χ3v) is 2.82. The van der Waals surface area contributed by atoms with Crippen LogP contribution in [0.3, 0.4) is 0 Å². The monoisotopic (exact) mass is 294 g/mol. The number of ether oxygens (including phenoxy) is 1. The fourth-order valence-corrected chi connectivity index (χ4v) is 1.76. The van der Waals surface area contributed by atoms with E-state index < -0.39 is 11.8 Å². The van der Waals surface area contributed by atoms with Crippen molar-refractivity contribution in [2.45, 2.75) is 0 Å².